The van der Waals surface area contributed by atoms with Gasteiger partial charge in [-0.1, -0.05) is 6.07 Å². The van der Waals surface area contributed by atoms with Crippen LogP contribution >= 0.6 is 0 Å². The molecule has 0 aliphatic rings. The second kappa shape index (κ2) is 14.2. The van der Waals surface area contributed by atoms with Crippen LogP contribution < -0.4 is 30.6 Å². The third-order valence-electron chi connectivity index (χ3n) is 5.17. The van der Waals surface area contributed by atoms with Crippen molar-refractivity contribution in [2.45, 2.75) is 31.7 Å². The van der Waals surface area contributed by atoms with Gasteiger partial charge in [0.25, 0.3) is 0 Å². The van der Waals surface area contributed by atoms with Crippen molar-refractivity contribution < 1.29 is 33.7 Å². The van der Waals surface area contributed by atoms with Crippen LogP contribution in [0, 0.1) is 5.41 Å². The quantitative estimate of drug-likeness (QED) is 0.139. The molecular formula is C25H32N4O7. The van der Waals surface area contributed by atoms with E-state index in [9.17, 15) is 14.4 Å². The Hall–Kier alpha value is -4.28. The second-order valence-corrected chi connectivity index (χ2v) is 7.84. The van der Waals surface area contributed by atoms with E-state index in [2.05, 4.69) is 10.6 Å². The van der Waals surface area contributed by atoms with Crippen LogP contribution in [0.1, 0.15) is 30.4 Å². The number of carbonyl (C=O) groups is 3. The van der Waals surface area contributed by atoms with Gasteiger partial charge >= 0.3 is 5.97 Å². The van der Waals surface area contributed by atoms with E-state index in [1.54, 1.807) is 36.4 Å². The zero-order valence-electron chi connectivity index (χ0n) is 20.3. The van der Waals surface area contributed by atoms with E-state index < -0.39 is 30.2 Å². The average molecular weight is 501 g/mol. The number of benzene rings is 2. The highest BCUT2D eigenvalue weighted by atomic mass is 16.5. The first-order valence-electron chi connectivity index (χ1n) is 11.3. The maximum atomic E-state index is 12.5. The van der Waals surface area contributed by atoms with Crippen molar-refractivity contribution >= 4 is 23.6 Å². The van der Waals surface area contributed by atoms with E-state index in [0.29, 0.717) is 35.7 Å². The predicted octanol–water partition coefficient (Wildman–Crippen LogP) is 1.47. The SMILES string of the molecule is COc1ccc(CCNC(=O)[C@H](CC(=O)O)NC(=O)CCCOc2ccc(C(=N)N)cc2)cc1OC. The Balaban J connectivity index is 1.79. The van der Waals surface area contributed by atoms with Crippen molar-refractivity contribution in [2.24, 2.45) is 5.73 Å². The minimum absolute atomic E-state index is 0.0425. The van der Waals surface area contributed by atoms with Crippen molar-refractivity contribution in [1.29, 1.82) is 5.41 Å². The molecule has 0 aliphatic carbocycles. The van der Waals surface area contributed by atoms with E-state index in [0.717, 1.165) is 5.56 Å². The number of aliphatic carboxylic acids is 1. The first-order chi connectivity index (χ1) is 17.2. The molecule has 6 N–H and O–H groups in total. The van der Waals surface area contributed by atoms with Crippen LogP contribution in [0.2, 0.25) is 0 Å². The van der Waals surface area contributed by atoms with E-state index in [4.69, 9.17) is 30.5 Å². The summed E-state index contributed by atoms with van der Waals surface area (Å²) in [4.78, 5) is 36.0. The fraction of sp³-hybridized carbons (Fsp3) is 0.360. The minimum Gasteiger partial charge on any atom is -0.494 e. The van der Waals surface area contributed by atoms with Crippen LogP contribution in [0.25, 0.3) is 0 Å². The molecule has 11 nitrogen and oxygen atoms in total. The lowest BCUT2D eigenvalue weighted by atomic mass is 10.1. The minimum atomic E-state index is -1.20. The molecule has 0 unspecified atom stereocenters. The molecule has 0 saturated heterocycles. The van der Waals surface area contributed by atoms with E-state index in [1.165, 1.54) is 14.2 Å². The molecule has 1 atom stereocenters. The maximum absolute atomic E-state index is 12.5. The van der Waals surface area contributed by atoms with Crippen LogP contribution in [0.3, 0.4) is 0 Å². The number of hydrogen-bond donors (Lipinski definition) is 5. The van der Waals surface area contributed by atoms with Crippen LogP contribution in [0.5, 0.6) is 17.2 Å². The third-order valence-corrected chi connectivity index (χ3v) is 5.17. The summed E-state index contributed by atoms with van der Waals surface area (Å²) in [6.07, 6.45) is 0.360. The summed E-state index contributed by atoms with van der Waals surface area (Å²) in [6, 6.07) is 10.9. The van der Waals surface area contributed by atoms with Gasteiger partial charge in [0.15, 0.2) is 11.5 Å². The summed E-state index contributed by atoms with van der Waals surface area (Å²) >= 11 is 0. The lowest BCUT2D eigenvalue weighted by molar-refractivity contribution is -0.140. The molecule has 2 aromatic carbocycles. The normalized spacial score (nSPS) is 11.2. The Labute approximate surface area is 209 Å². The van der Waals surface area contributed by atoms with Gasteiger partial charge in [0.1, 0.15) is 17.6 Å². The highest BCUT2D eigenvalue weighted by molar-refractivity contribution is 5.95. The molecule has 0 saturated carbocycles. The summed E-state index contributed by atoms with van der Waals surface area (Å²) in [5.41, 5.74) is 6.88. The molecule has 0 aromatic heterocycles. The number of nitrogen functional groups attached to an aromatic ring is 1. The fourth-order valence-electron chi connectivity index (χ4n) is 3.29. The van der Waals surface area contributed by atoms with Crippen LogP contribution in [-0.4, -0.2) is 62.1 Å². The molecular weight excluding hydrogens is 468 g/mol. The molecule has 0 fully saturated rings. The number of ether oxygens (including phenoxy) is 3. The summed E-state index contributed by atoms with van der Waals surface area (Å²) in [6.45, 7) is 0.491. The van der Waals surface area contributed by atoms with Crippen LogP contribution in [0.4, 0.5) is 0 Å². The highest BCUT2D eigenvalue weighted by Gasteiger charge is 2.23. The standard InChI is InChI=1S/C25H32N4O7/c1-34-20-10-5-16(14-21(20)35-2)11-12-28-25(33)19(15-23(31)32)29-22(30)4-3-13-36-18-8-6-17(7-9-18)24(26)27/h5-10,14,19H,3-4,11-13,15H2,1-2H3,(H3,26,27)(H,28,33)(H,29,30)(H,31,32)/t19-/m0/s1. The van der Waals surface area contributed by atoms with Crippen molar-refractivity contribution in [3.8, 4) is 17.2 Å². The van der Waals surface area contributed by atoms with Crippen molar-refractivity contribution in [1.82, 2.24) is 10.6 Å². The van der Waals surface area contributed by atoms with E-state index >= 15 is 0 Å². The summed E-state index contributed by atoms with van der Waals surface area (Å²) < 4.78 is 16.0. The lowest BCUT2D eigenvalue weighted by Gasteiger charge is -2.17. The first-order valence-corrected chi connectivity index (χ1v) is 11.3. The molecule has 0 aliphatic heterocycles. The topological polar surface area (TPSA) is 173 Å². The van der Waals surface area contributed by atoms with Crippen LogP contribution in [0.15, 0.2) is 42.5 Å². The molecule has 36 heavy (non-hydrogen) atoms. The van der Waals surface area contributed by atoms with Crippen molar-refractivity contribution in [2.75, 3.05) is 27.4 Å². The third kappa shape index (κ3) is 9.16. The molecule has 0 bridgehead atoms. The molecule has 2 amide bonds. The monoisotopic (exact) mass is 500 g/mol. The number of carboxylic acids is 1. The summed E-state index contributed by atoms with van der Waals surface area (Å²) in [5.74, 6) is -0.551. The number of rotatable bonds is 15. The molecule has 0 radical (unpaired) electrons. The number of amides is 2. The van der Waals surface area contributed by atoms with Gasteiger partial charge in [-0.05, 0) is 54.8 Å². The Bertz CT molecular complexity index is 1060. The molecule has 2 rings (SSSR count). The zero-order chi connectivity index (χ0) is 26.5. The van der Waals surface area contributed by atoms with Gasteiger partial charge in [0.05, 0.1) is 27.2 Å². The Kier molecular flexibility index (Phi) is 11.0. The Morgan fingerprint density at radius 2 is 1.75 bits per heavy atom. The summed E-state index contributed by atoms with van der Waals surface area (Å²) in [5, 5.41) is 21.7. The number of methoxy groups -OCH3 is 2. The van der Waals surface area contributed by atoms with Gasteiger partial charge in [0.2, 0.25) is 11.8 Å². The van der Waals surface area contributed by atoms with E-state index in [1.807, 2.05) is 6.07 Å². The first kappa shape index (κ1) is 28.0. The largest absolute Gasteiger partial charge is 0.494 e. The fourth-order valence-corrected chi connectivity index (χ4v) is 3.29. The highest BCUT2D eigenvalue weighted by Crippen LogP contribution is 2.27. The van der Waals surface area contributed by atoms with Gasteiger partial charge in [-0.15, -0.1) is 0 Å². The van der Waals surface area contributed by atoms with Crippen molar-refractivity contribution in [3.05, 3.63) is 53.6 Å². The maximum Gasteiger partial charge on any atom is 0.305 e. The number of carbonyl (C=O) groups excluding carboxylic acids is 2. The molecule has 2 aromatic rings. The number of amidine groups is 1. The second-order valence-electron chi connectivity index (χ2n) is 7.84. The number of nitrogens with one attached hydrogen (secondary N) is 3. The predicted molar refractivity (Wildman–Crippen MR) is 133 cm³/mol. The Morgan fingerprint density at radius 1 is 1.06 bits per heavy atom. The smallest absolute Gasteiger partial charge is 0.305 e. The number of carboxylic acid groups (broad SMARTS) is 1. The molecule has 11 heteroatoms. The number of nitrogens with two attached hydrogens (primary N) is 1. The molecule has 194 valence electrons. The lowest BCUT2D eigenvalue weighted by Crippen LogP contribution is -2.48. The van der Waals surface area contributed by atoms with Gasteiger partial charge in [-0.25, -0.2) is 0 Å². The molecule has 0 spiro atoms. The average Bonchev–Trinajstić information content (AvgIpc) is 2.86. The Morgan fingerprint density at radius 3 is 2.36 bits per heavy atom. The summed E-state index contributed by atoms with van der Waals surface area (Å²) in [7, 11) is 3.07. The van der Waals surface area contributed by atoms with Gasteiger partial charge in [-0.2, -0.15) is 0 Å². The van der Waals surface area contributed by atoms with Gasteiger partial charge < -0.3 is 35.7 Å². The molecule has 0 heterocycles. The van der Waals surface area contributed by atoms with Crippen LogP contribution in [-0.2, 0) is 20.8 Å². The van der Waals surface area contributed by atoms with E-state index in [-0.39, 0.29) is 25.4 Å². The zero-order valence-corrected chi connectivity index (χ0v) is 20.3. The van der Waals surface area contributed by atoms with Gasteiger partial charge in [0, 0.05) is 18.5 Å². The number of hydrogen-bond acceptors (Lipinski definition) is 7. The van der Waals surface area contributed by atoms with Crippen molar-refractivity contribution in [3.63, 3.8) is 0 Å². The van der Waals surface area contributed by atoms with Gasteiger partial charge in [-0.3, -0.25) is 19.8 Å².